The molecule has 0 saturated carbocycles. The number of benzene rings is 1. The van der Waals surface area contributed by atoms with Gasteiger partial charge >= 0.3 is 11.1 Å². The van der Waals surface area contributed by atoms with Crippen molar-refractivity contribution in [3.8, 4) is 0 Å². The van der Waals surface area contributed by atoms with E-state index >= 15 is 0 Å². The lowest BCUT2D eigenvalue weighted by Crippen LogP contribution is -2.44. The third kappa shape index (κ3) is 3.02. The Kier molecular flexibility index (Phi) is 4.57. The van der Waals surface area contributed by atoms with E-state index in [0.717, 1.165) is 19.3 Å². The summed E-state index contributed by atoms with van der Waals surface area (Å²) in [7, 11) is -3.74. The molecule has 1 saturated heterocycles. The van der Waals surface area contributed by atoms with E-state index < -0.39 is 21.1 Å². The monoisotopic (exact) mass is 353 g/mol. The minimum Gasteiger partial charge on any atom is -0.396 e. The van der Waals surface area contributed by atoms with Crippen LogP contribution in [-0.4, -0.2) is 47.0 Å². The van der Waals surface area contributed by atoms with E-state index in [4.69, 9.17) is 0 Å². The van der Waals surface area contributed by atoms with Gasteiger partial charge in [-0.3, -0.25) is 9.59 Å². The summed E-state index contributed by atoms with van der Waals surface area (Å²) in [6.45, 7) is 0.343. The van der Waals surface area contributed by atoms with Crippen LogP contribution in [0.15, 0.2) is 32.7 Å². The highest BCUT2D eigenvalue weighted by Gasteiger charge is 2.33. The first-order chi connectivity index (χ1) is 11.4. The molecule has 0 amide bonds. The Hall–Kier alpha value is -1.97. The molecule has 3 rings (SSSR count). The van der Waals surface area contributed by atoms with Crippen LogP contribution in [0.1, 0.15) is 25.7 Å². The van der Waals surface area contributed by atoms with E-state index in [1.165, 1.54) is 22.5 Å². The topological polar surface area (TPSA) is 123 Å². The summed E-state index contributed by atoms with van der Waals surface area (Å²) in [5, 5.41) is 9.18. The number of piperidine rings is 1. The predicted molar refractivity (Wildman–Crippen MR) is 88.4 cm³/mol. The maximum absolute atomic E-state index is 12.9. The maximum atomic E-state index is 12.9. The van der Waals surface area contributed by atoms with Crippen LogP contribution in [0.25, 0.3) is 11.0 Å². The quantitative estimate of drug-likeness (QED) is 0.675. The van der Waals surface area contributed by atoms with E-state index in [9.17, 15) is 23.1 Å². The molecule has 1 aliphatic heterocycles. The van der Waals surface area contributed by atoms with E-state index in [2.05, 4.69) is 9.97 Å². The van der Waals surface area contributed by atoms with E-state index in [1.807, 2.05) is 0 Å². The highest BCUT2D eigenvalue weighted by Crippen LogP contribution is 2.27. The fourth-order valence-electron chi connectivity index (χ4n) is 3.12. The second-order valence-corrected chi connectivity index (χ2v) is 7.78. The first-order valence-corrected chi connectivity index (χ1v) is 9.26. The molecule has 1 aromatic carbocycles. The van der Waals surface area contributed by atoms with Gasteiger partial charge in [0.15, 0.2) is 0 Å². The first-order valence-electron chi connectivity index (χ1n) is 7.82. The van der Waals surface area contributed by atoms with Crippen molar-refractivity contribution in [2.45, 2.75) is 36.6 Å². The van der Waals surface area contributed by atoms with Crippen LogP contribution in [0.4, 0.5) is 0 Å². The molecule has 1 aliphatic rings. The number of aromatic nitrogens is 2. The van der Waals surface area contributed by atoms with Crippen molar-refractivity contribution in [3.05, 3.63) is 38.9 Å². The van der Waals surface area contributed by atoms with Gasteiger partial charge in [0.1, 0.15) is 0 Å². The number of aromatic amines is 2. The molecule has 0 spiro atoms. The van der Waals surface area contributed by atoms with Gasteiger partial charge in [-0.25, -0.2) is 8.42 Å². The largest absolute Gasteiger partial charge is 0.396 e. The van der Waals surface area contributed by atoms with Crippen LogP contribution in [0.3, 0.4) is 0 Å². The van der Waals surface area contributed by atoms with Gasteiger partial charge in [-0.15, -0.1) is 0 Å². The molecule has 1 unspecified atom stereocenters. The Morgan fingerprint density at radius 2 is 1.83 bits per heavy atom. The summed E-state index contributed by atoms with van der Waals surface area (Å²) >= 11 is 0. The third-order valence-electron chi connectivity index (χ3n) is 4.34. The molecule has 0 radical (unpaired) electrons. The van der Waals surface area contributed by atoms with Gasteiger partial charge in [0, 0.05) is 19.2 Å². The van der Waals surface area contributed by atoms with Crippen molar-refractivity contribution in [3.63, 3.8) is 0 Å². The lowest BCUT2D eigenvalue weighted by Gasteiger charge is -2.34. The Bertz CT molecular complexity index is 961. The first kappa shape index (κ1) is 16.9. The van der Waals surface area contributed by atoms with Gasteiger partial charge in [-0.1, -0.05) is 6.42 Å². The molecule has 0 bridgehead atoms. The minimum absolute atomic E-state index is 0.0579. The fraction of sp³-hybridized carbons (Fsp3) is 0.467. The molecular formula is C15H19N3O5S. The number of fused-ring (bicyclic) bond motifs is 1. The predicted octanol–water partition coefficient (Wildman–Crippen LogP) is 0.142. The summed E-state index contributed by atoms with van der Waals surface area (Å²) in [6.07, 6.45) is 2.83. The number of hydrogen-bond donors (Lipinski definition) is 3. The Balaban J connectivity index is 2.05. The van der Waals surface area contributed by atoms with Crippen molar-refractivity contribution < 1.29 is 13.5 Å². The summed E-state index contributed by atoms with van der Waals surface area (Å²) in [4.78, 5) is 27.6. The van der Waals surface area contributed by atoms with Gasteiger partial charge in [0.25, 0.3) is 0 Å². The van der Waals surface area contributed by atoms with Crippen LogP contribution in [0, 0.1) is 0 Å². The van der Waals surface area contributed by atoms with Crippen LogP contribution < -0.4 is 11.1 Å². The van der Waals surface area contributed by atoms with E-state index in [-0.39, 0.29) is 23.1 Å². The number of rotatable bonds is 4. The summed E-state index contributed by atoms with van der Waals surface area (Å²) in [6, 6.07) is 4.01. The number of aliphatic hydroxyl groups is 1. The Morgan fingerprint density at radius 3 is 2.54 bits per heavy atom. The summed E-state index contributed by atoms with van der Waals surface area (Å²) in [5.41, 5.74) is -0.981. The van der Waals surface area contributed by atoms with Crippen molar-refractivity contribution in [1.82, 2.24) is 14.3 Å². The molecule has 130 valence electrons. The summed E-state index contributed by atoms with van der Waals surface area (Å²) < 4.78 is 27.3. The van der Waals surface area contributed by atoms with Crippen LogP contribution in [0.5, 0.6) is 0 Å². The van der Waals surface area contributed by atoms with Crippen LogP contribution in [0.2, 0.25) is 0 Å². The zero-order valence-electron chi connectivity index (χ0n) is 13.0. The number of nitrogens with one attached hydrogen (secondary N) is 2. The molecule has 2 heterocycles. The molecule has 1 atom stereocenters. The summed E-state index contributed by atoms with van der Waals surface area (Å²) in [5.74, 6) is 0. The average Bonchev–Trinajstić information content (AvgIpc) is 2.56. The van der Waals surface area contributed by atoms with Gasteiger partial charge < -0.3 is 15.1 Å². The second kappa shape index (κ2) is 6.50. The zero-order chi connectivity index (χ0) is 17.3. The smallest absolute Gasteiger partial charge is 0.314 e. The number of aliphatic hydroxyl groups excluding tert-OH is 1. The molecule has 3 N–H and O–H groups in total. The number of sulfonamides is 1. The second-order valence-electron chi connectivity index (χ2n) is 5.89. The molecule has 2 aromatic rings. The van der Waals surface area contributed by atoms with E-state index in [1.54, 1.807) is 0 Å². The van der Waals surface area contributed by atoms with Crippen molar-refractivity contribution in [2.24, 2.45) is 0 Å². The lowest BCUT2D eigenvalue weighted by atomic mass is 10.0. The zero-order valence-corrected chi connectivity index (χ0v) is 13.8. The fourth-order valence-corrected chi connectivity index (χ4v) is 4.87. The molecular weight excluding hydrogens is 334 g/mol. The number of H-pyrrole nitrogens is 2. The Labute approximate surface area is 138 Å². The van der Waals surface area contributed by atoms with Crippen LogP contribution >= 0.6 is 0 Å². The Morgan fingerprint density at radius 1 is 1.12 bits per heavy atom. The third-order valence-corrected chi connectivity index (χ3v) is 6.28. The minimum atomic E-state index is -3.74. The van der Waals surface area contributed by atoms with Gasteiger partial charge in [-0.2, -0.15) is 4.31 Å². The van der Waals surface area contributed by atoms with Crippen molar-refractivity contribution in [1.29, 1.82) is 0 Å². The van der Waals surface area contributed by atoms with Gasteiger partial charge in [0.05, 0.1) is 15.9 Å². The van der Waals surface area contributed by atoms with Gasteiger partial charge in [0.2, 0.25) is 10.0 Å². The number of nitrogens with zero attached hydrogens (tertiary/aromatic N) is 1. The van der Waals surface area contributed by atoms with Gasteiger partial charge in [-0.05, 0) is 37.5 Å². The molecule has 0 aliphatic carbocycles. The lowest BCUT2D eigenvalue weighted by molar-refractivity contribution is 0.192. The van der Waals surface area contributed by atoms with E-state index in [0.29, 0.717) is 18.5 Å². The standard InChI is InChI=1S/C15H19N3O5S/c19-8-6-10-3-1-2-7-18(10)24(22,23)11-4-5-12-13(9-11)17-15(21)14(20)16-12/h4-5,9-10,19H,1-3,6-8H2,(H,16,20)(H,17,21). The molecule has 9 heteroatoms. The van der Waals surface area contributed by atoms with Crippen LogP contribution in [-0.2, 0) is 10.0 Å². The van der Waals surface area contributed by atoms with Crippen molar-refractivity contribution in [2.75, 3.05) is 13.2 Å². The van der Waals surface area contributed by atoms with Crippen molar-refractivity contribution >= 4 is 21.1 Å². The molecule has 24 heavy (non-hydrogen) atoms. The molecule has 1 fully saturated rings. The molecule has 8 nitrogen and oxygen atoms in total. The SMILES string of the molecule is O=c1[nH]c2ccc(S(=O)(=O)N3CCCCC3CCO)cc2[nH]c1=O. The normalized spacial score (nSPS) is 19.6. The number of hydrogen-bond acceptors (Lipinski definition) is 5. The average molecular weight is 353 g/mol. The highest BCUT2D eigenvalue weighted by molar-refractivity contribution is 7.89. The molecule has 1 aromatic heterocycles. The highest BCUT2D eigenvalue weighted by atomic mass is 32.2. The maximum Gasteiger partial charge on any atom is 0.314 e.